The third-order valence-electron chi connectivity index (χ3n) is 4.17. The SMILES string of the molecule is COc1ccc(C(CNCc2ccc(C#N)cc2)N(C)C)cc1OC. The normalized spacial score (nSPS) is 11.8. The molecule has 5 nitrogen and oxygen atoms in total. The van der Waals surface area contributed by atoms with Crippen LogP contribution in [-0.2, 0) is 6.54 Å². The molecule has 0 aliphatic carbocycles. The Kier molecular flexibility index (Phi) is 6.81. The van der Waals surface area contributed by atoms with E-state index in [0.717, 1.165) is 35.7 Å². The van der Waals surface area contributed by atoms with Gasteiger partial charge in [-0.3, -0.25) is 0 Å². The maximum absolute atomic E-state index is 8.85. The molecule has 0 heterocycles. The van der Waals surface area contributed by atoms with Gasteiger partial charge in [0, 0.05) is 19.1 Å². The van der Waals surface area contributed by atoms with E-state index in [2.05, 4.69) is 36.4 Å². The number of nitrogens with zero attached hydrogens (tertiary/aromatic N) is 2. The van der Waals surface area contributed by atoms with Crippen LogP contribution in [0.1, 0.15) is 22.7 Å². The standard InChI is InChI=1S/C20H25N3O2/c1-23(2)18(17-9-10-19(24-3)20(11-17)25-4)14-22-13-16-7-5-15(12-21)6-8-16/h5-11,18,22H,13-14H2,1-4H3. The molecule has 0 aromatic heterocycles. The van der Waals surface area contributed by atoms with E-state index < -0.39 is 0 Å². The van der Waals surface area contributed by atoms with Crippen molar-refractivity contribution < 1.29 is 9.47 Å². The lowest BCUT2D eigenvalue weighted by atomic mass is 10.0. The molecule has 0 saturated carbocycles. The molecule has 0 bridgehead atoms. The Labute approximate surface area is 149 Å². The van der Waals surface area contributed by atoms with Crippen LogP contribution in [0.15, 0.2) is 42.5 Å². The first-order valence-corrected chi connectivity index (χ1v) is 8.17. The molecule has 1 atom stereocenters. The second kappa shape index (κ2) is 9.07. The first-order chi connectivity index (χ1) is 12.1. The number of hydrogen-bond acceptors (Lipinski definition) is 5. The zero-order valence-electron chi connectivity index (χ0n) is 15.2. The van der Waals surface area contributed by atoms with Gasteiger partial charge >= 0.3 is 0 Å². The van der Waals surface area contributed by atoms with Gasteiger partial charge in [0.05, 0.1) is 25.9 Å². The van der Waals surface area contributed by atoms with Gasteiger partial charge in [-0.2, -0.15) is 5.26 Å². The largest absolute Gasteiger partial charge is 0.493 e. The summed E-state index contributed by atoms with van der Waals surface area (Å²) in [5.41, 5.74) is 3.00. The summed E-state index contributed by atoms with van der Waals surface area (Å²) in [7, 11) is 7.41. The van der Waals surface area contributed by atoms with Crippen LogP contribution >= 0.6 is 0 Å². The van der Waals surface area contributed by atoms with Crippen molar-refractivity contribution in [2.75, 3.05) is 34.9 Å². The van der Waals surface area contributed by atoms with E-state index in [1.807, 2.05) is 36.4 Å². The highest BCUT2D eigenvalue weighted by molar-refractivity contribution is 5.44. The summed E-state index contributed by atoms with van der Waals surface area (Å²) in [6, 6.07) is 16.0. The topological polar surface area (TPSA) is 57.5 Å². The van der Waals surface area contributed by atoms with Crippen molar-refractivity contribution in [1.82, 2.24) is 10.2 Å². The summed E-state index contributed by atoms with van der Waals surface area (Å²) < 4.78 is 10.7. The monoisotopic (exact) mass is 339 g/mol. The molecule has 0 radical (unpaired) electrons. The van der Waals surface area contributed by atoms with Gasteiger partial charge in [0.1, 0.15) is 0 Å². The van der Waals surface area contributed by atoms with Gasteiger partial charge in [-0.05, 0) is 49.5 Å². The van der Waals surface area contributed by atoms with Gasteiger partial charge in [-0.15, -0.1) is 0 Å². The molecule has 132 valence electrons. The minimum Gasteiger partial charge on any atom is -0.493 e. The second-order valence-electron chi connectivity index (χ2n) is 6.03. The zero-order valence-corrected chi connectivity index (χ0v) is 15.2. The van der Waals surface area contributed by atoms with Crippen LogP contribution in [0.3, 0.4) is 0 Å². The van der Waals surface area contributed by atoms with Crippen molar-refractivity contribution in [3.05, 3.63) is 59.2 Å². The highest BCUT2D eigenvalue weighted by Crippen LogP contribution is 2.31. The third-order valence-corrected chi connectivity index (χ3v) is 4.17. The molecule has 0 saturated heterocycles. The van der Waals surface area contributed by atoms with E-state index in [4.69, 9.17) is 14.7 Å². The number of hydrogen-bond donors (Lipinski definition) is 1. The van der Waals surface area contributed by atoms with E-state index in [-0.39, 0.29) is 6.04 Å². The summed E-state index contributed by atoms with van der Waals surface area (Å²) in [4.78, 5) is 2.17. The molecule has 0 aliphatic rings. The Morgan fingerprint density at radius 3 is 2.28 bits per heavy atom. The third kappa shape index (κ3) is 4.96. The molecule has 2 aromatic carbocycles. The van der Waals surface area contributed by atoms with Crippen LogP contribution in [0.5, 0.6) is 11.5 Å². The molecule has 25 heavy (non-hydrogen) atoms. The van der Waals surface area contributed by atoms with Crippen molar-refractivity contribution in [1.29, 1.82) is 5.26 Å². The predicted molar refractivity (Wildman–Crippen MR) is 98.8 cm³/mol. The van der Waals surface area contributed by atoms with E-state index >= 15 is 0 Å². The number of rotatable bonds is 8. The smallest absolute Gasteiger partial charge is 0.161 e. The fourth-order valence-corrected chi connectivity index (χ4v) is 2.71. The van der Waals surface area contributed by atoms with Crippen LogP contribution < -0.4 is 14.8 Å². The number of nitrogens with one attached hydrogen (secondary N) is 1. The van der Waals surface area contributed by atoms with Gasteiger partial charge in [0.15, 0.2) is 11.5 Å². The molecular weight excluding hydrogens is 314 g/mol. The minimum atomic E-state index is 0.207. The average molecular weight is 339 g/mol. The number of benzene rings is 2. The molecule has 5 heteroatoms. The Balaban J connectivity index is 2.04. The highest BCUT2D eigenvalue weighted by atomic mass is 16.5. The number of likely N-dealkylation sites (N-methyl/N-ethyl adjacent to an activating group) is 1. The van der Waals surface area contributed by atoms with Crippen LogP contribution in [0, 0.1) is 11.3 Å². The van der Waals surface area contributed by atoms with Gasteiger partial charge in [-0.1, -0.05) is 18.2 Å². The van der Waals surface area contributed by atoms with E-state index in [1.54, 1.807) is 14.2 Å². The van der Waals surface area contributed by atoms with Crippen LogP contribution in [0.4, 0.5) is 0 Å². The molecule has 0 spiro atoms. The van der Waals surface area contributed by atoms with Crippen molar-refractivity contribution in [2.24, 2.45) is 0 Å². The van der Waals surface area contributed by atoms with Gasteiger partial charge in [0.25, 0.3) is 0 Å². The summed E-state index contributed by atoms with van der Waals surface area (Å²) in [5, 5.41) is 12.3. The van der Waals surface area contributed by atoms with Crippen molar-refractivity contribution >= 4 is 0 Å². The Bertz CT molecular complexity index is 721. The minimum absolute atomic E-state index is 0.207. The van der Waals surface area contributed by atoms with Crippen LogP contribution in [0.25, 0.3) is 0 Å². The molecule has 0 fully saturated rings. The van der Waals surface area contributed by atoms with Gasteiger partial charge in [0.2, 0.25) is 0 Å². The first kappa shape index (κ1) is 18.8. The maximum atomic E-state index is 8.85. The van der Waals surface area contributed by atoms with Crippen LogP contribution in [-0.4, -0.2) is 39.8 Å². The zero-order chi connectivity index (χ0) is 18.2. The van der Waals surface area contributed by atoms with E-state index in [0.29, 0.717) is 5.56 Å². The molecule has 0 amide bonds. The van der Waals surface area contributed by atoms with Gasteiger partial charge in [-0.25, -0.2) is 0 Å². The highest BCUT2D eigenvalue weighted by Gasteiger charge is 2.16. The van der Waals surface area contributed by atoms with Gasteiger partial charge < -0.3 is 19.7 Å². The summed E-state index contributed by atoms with van der Waals surface area (Å²) in [5.74, 6) is 1.47. The molecular formula is C20H25N3O2. The van der Waals surface area contributed by atoms with Crippen molar-refractivity contribution in [3.63, 3.8) is 0 Å². The van der Waals surface area contributed by atoms with E-state index in [9.17, 15) is 0 Å². The second-order valence-corrected chi connectivity index (χ2v) is 6.03. The molecule has 1 N–H and O–H groups in total. The van der Waals surface area contributed by atoms with Crippen LogP contribution in [0.2, 0.25) is 0 Å². The number of ether oxygens (including phenoxy) is 2. The summed E-state index contributed by atoms with van der Waals surface area (Å²) in [6.07, 6.45) is 0. The Hall–Kier alpha value is -2.55. The molecule has 2 rings (SSSR count). The predicted octanol–water partition coefficient (Wildman–Crippen LogP) is 2.97. The fourth-order valence-electron chi connectivity index (χ4n) is 2.71. The first-order valence-electron chi connectivity index (χ1n) is 8.17. The lowest BCUT2D eigenvalue weighted by Crippen LogP contribution is -2.30. The van der Waals surface area contributed by atoms with E-state index in [1.165, 1.54) is 0 Å². The fraction of sp³-hybridized carbons (Fsp3) is 0.350. The quantitative estimate of drug-likeness (QED) is 0.801. The average Bonchev–Trinajstić information content (AvgIpc) is 2.65. The molecule has 1 unspecified atom stereocenters. The lowest BCUT2D eigenvalue weighted by Gasteiger charge is -2.26. The number of nitriles is 1. The molecule has 0 aliphatic heterocycles. The van der Waals surface area contributed by atoms with Crippen molar-refractivity contribution in [2.45, 2.75) is 12.6 Å². The summed E-state index contributed by atoms with van der Waals surface area (Å²) >= 11 is 0. The Morgan fingerprint density at radius 1 is 1.04 bits per heavy atom. The lowest BCUT2D eigenvalue weighted by molar-refractivity contribution is 0.286. The summed E-state index contributed by atoms with van der Waals surface area (Å²) in [6.45, 7) is 1.55. The number of methoxy groups -OCH3 is 2. The Morgan fingerprint density at radius 2 is 1.72 bits per heavy atom. The maximum Gasteiger partial charge on any atom is 0.161 e. The van der Waals surface area contributed by atoms with Crippen molar-refractivity contribution in [3.8, 4) is 17.6 Å². The molecule has 2 aromatic rings.